The van der Waals surface area contributed by atoms with Gasteiger partial charge in [0.15, 0.2) is 11.5 Å². The summed E-state index contributed by atoms with van der Waals surface area (Å²) in [6.07, 6.45) is 2.25. The molecule has 0 amide bonds. The van der Waals surface area contributed by atoms with E-state index in [1.54, 1.807) is 21.3 Å². The Labute approximate surface area is 208 Å². The van der Waals surface area contributed by atoms with Gasteiger partial charge in [-0.1, -0.05) is 18.2 Å². The molecule has 4 rings (SSSR count). The van der Waals surface area contributed by atoms with Crippen LogP contribution in [0, 0.1) is 0 Å². The van der Waals surface area contributed by atoms with E-state index >= 15 is 0 Å². The van der Waals surface area contributed by atoms with Crippen molar-refractivity contribution in [3.8, 4) is 34.1 Å². The van der Waals surface area contributed by atoms with Crippen LogP contribution in [-0.2, 0) is 6.54 Å². The molecule has 3 aromatic rings. The minimum Gasteiger partial charge on any atom is -0.494 e. The largest absolute Gasteiger partial charge is 0.494 e. The first-order chi connectivity index (χ1) is 17.2. The molecule has 0 atom stereocenters. The van der Waals surface area contributed by atoms with Gasteiger partial charge in [0.05, 0.1) is 27.9 Å². The van der Waals surface area contributed by atoms with Crippen molar-refractivity contribution in [2.45, 2.75) is 32.4 Å². The predicted molar refractivity (Wildman–Crippen MR) is 141 cm³/mol. The summed E-state index contributed by atoms with van der Waals surface area (Å²) in [4.78, 5) is 2.53. The molecule has 0 aliphatic carbocycles. The van der Waals surface area contributed by atoms with Gasteiger partial charge in [0.1, 0.15) is 5.75 Å². The molecule has 1 aliphatic rings. The molecule has 1 heterocycles. The van der Waals surface area contributed by atoms with E-state index in [-0.39, 0.29) is 0 Å². The molecule has 1 fully saturated rings. The molecule has 0 radical (unpaired) electrons. The number of rotatable bonds is 10. The molecular weight excluding hydrogens is 440 g/mol. The first kappa shape index (κ1) is 24.7. The predicted octanol–water partition coefficient (Wildman–Crippen LogP) is 5.54. The molecule has 1 saturated heterocycles. The third-order valence-electron chi connectivity index (χ3n) is 6.51. The fourth-order valence-electron chi connectivity index (χ4n) is 4.74. The summed E-state index contributed by atoms with van der Waals surface area (Å²) in [5.41, 5.74) is 4.61. The summed E-state index contributed by atoms with van der Waals surface area (Å²) in [6, 6.07) is 21.7. The Kier molecular flexibility index (Phi) is 8.37. The molecule has 1 N–H and O–H groups in total. The molecule has 35 heavy (non-hydrogen) atoms. The lowest BCUT2D eigenvalue weighted by Gasteiger charge is -2.36. The summed E-state index contributed by atoms with van der Waals surface area (Å²) >= 11 is 0. The molecule has 0 spiro atoms. The Morgan fingerprint density at radius 1 is 0.829 bits per heavy atom. The van der Waals surface area contributed by atoms with Crippen molar-refractivity contribution >= 4 is 5.69 Å². The van der Waals surface area contributed by atoms with Crippen molar-refractivity contribution in [3.63, 3.8) is 0 Å². The molecule has 6 nitrogen and oxygen atoms in total. The Hall–Kier alpha value is -3.38. The minimum absolute atomic E-state index is 0.485. The summed E-state index contributed by atoms with van der Waals surface area (Å²) < 4.78 is 22.3. The SMILES string of the molecule is CCOc1ccc(N(Cc2cccc(-c3cc(OC)c(OC)c(OC)c3)c2)C2CCNCC2)cc1. The molecule has 6 heteroatoms. The number of piperidine rings is 1. The van der Waals surface area contributed by atoms with Crippen LogP contribution >= 0.6 is 0 Å². The van der Waals surface area contributed by atoms with Gasteiger partial charge in [0.25, 0.3) is 0 Å². The van der Waals surface area contributed by atoms with Crippen LogP contribution in [0.4, 0.5) is 5.69 Å². The lowest BCUT2D eigenvalue weighted by atomic mass is 9.99. The van der Waals surface area contributed by atoms with Crippen molar-refractivity contribution in [1.29, 1.82) is 0 Å². The van der Waals surface area contributed by atoms with Gasteiger partial charge in [-0.05, 0) is 92.0 Å². The lowest BCUT2D eigenvalue weighted by Crippen LogP contribution is -2.43. The minimum atomic E-state index is 0.485. The van der Waals surface area contributed by atoms with Gasteiger partial charge in [-0.2, -0.15) is 0 Å². The Bertz CT molecular complexity index is 1070. The Morgan fingerprint density at radius 3 is 2.11 bits per heavy atom. The summed E-state index contributed by atoms with van der Waals surface area (Å²) in [6.45, 7) is 5.60. The van der Waals surface area contributed by atoms with Crippen molar-refractivity contribution in [2.24, 2.45) is 0 Å². The third kappa shape index (κ3) is 5.82. The van der Waals surface area contributed by atoms with Crippen LogP contribution in [-0.4, -0.2) is 47.1 Å². The van der Waals surface area contributed by atoms with Crippen LogP contribution in [0.3, 0.4) is 0 Å². The molecular formula is C29H36N2O4. The van der Waals surface area contributed by atoms with E-state index in [2.05, 4.69) is 58.7 Å². The maximum absolute atomic E-state index is 5.67. The van der Waals surface area contributed by atoms with Crippen molar-refractivity contribution < 1.29 is 18.9 Å². The van der Waals surface area contributed by atoms with Gasteiger partial charge in [-0.3, -0.25) is 0 Å². The monoisotopic (exact) mass is 476 g/mol. The fourth-order valence-corrected chi connectivity index (χ4v) is 4.74. The molecule has 0 unspecified atom stereocenters. The highest BCUT2D eigenvalue weighted by Gasteiger charge is 2.22. The second-order valence-electron chi connectivity index (χ2n) is 8.65. The zero-order valence-corrected chi connectivity index (χ0v) is 21.2. The van der Waals surface area contributed by atoms with Crippen LogP contribution < -0.4 is 29.2 Å². The zero-order valence-electron chi connectivity index (χ0n) is 21.2. The van der Waals surface area contributed by atoms with E-state index in [1.807, 2.05) is 19.1 Å². The van der Waals surface area contributed by atoms with Crippen LogP contribution in [0.25, 0.3) is 11.1 Å². The Morgan fingerprint density at radius 2 is 1.51 bits per heavy atom. The van der Waals surface area contributed by atoms with Gasteiger partial charge in [-0.25, -0.2) is 0 Å². The van der Waals surface area contributed by atoms with E-state index in [0.29, 0.717) is 29.9 Å². The van der Waals surface area contributed by atoms with Gasteiger partial charge >= 0.3 is 0 Å². The van der Waals surface area contributed by atoms with Gasteiger partial charge in [0, 0.05) is 18.3 Å². The van der Waals surface area contributed by atoms with Gasteiger partial charge in [0.2, 0.25) is 5.75 Å². The topological polar surface area (TPSA) is 52.2 Å². The molecule has 1 aliphatic heterocycles. The molecule has 3 aromatic carbocycles. The second-order valence-corrected chi connectivity index (χ2v) is 8.65. The first-order valence-electron chi connectivity index (χ1n) is 12.3. The summed E-state index contributed by atoms with van der Waals surface area (Å²) in [5, 5.41) is 3.49. The van der Waals surface area contributed by atoms with E-state index in [9.17, 15) is 0 Å². The normalized spacial score (nSPS) is 13.8. The number of hydrogen-bond donors (Lipinski definition) is 1. The quantitative estimate of drug-likeness (QED) is 0.415. The summed E-state index contributed by atoms with van der Waals surface area (Å²) in [5.74, 6) is 2.81. The van der Waals surface area contributed by atoms with Crippen LogP contribution in [0.1, 0.15) is 25.3 Å². The van der Waals surface area contributed by atoms with Gasteiger partial charge < -0.3 is 29.2 Å². The van der Waals surface area contributed by atoms with E-state index in [1.165, 1.54) is 11.3 Å². The average molecular weight is 477 g/mol. The highest BCUT2D eigenvalue weighted by atomic mass is 16.5. The van der Waals surface area contributed by atoms with Crippen molar-refractivity contribution in [2.75, 3.05) is 45.9 Å². The highest BCUT2D eigenvalue weighted by molar-refractivity contribution is 5.71. The third-order valence-corrected chi connectivity index (χ3v) is 6.51. The van der Waals surface area contributed by atoms with E-state index in [4.69, 9.17) is 18.9 Å². The molecule has 186 valence electrons. The first-order valence-corrected chi connectivity index (χ1v) is 12.3. The van der Waals surface area contributed by atoms with Crippen LogP contribution in [0.2, 0.25) is 0 Å². The lowest BCUT2D eigenvalue weighted by molar-refractivity contribution is 0.324. The Balaban J connectivity index is 1.65. The number of benzene rings is 3. The summed E-state index contributed by atoms with van der Waals surface area (Å²) in [7, 11) is 4.91. The maximum Gasteiger partial charge on any atom is 0.203 e. The highest BCUT2D eigenvalue weighted by Crippen LogP contribution is 2.41. The standard InChI is InChI=1S/C29H36N2O4/c1-5-35-26-11-9-24(10-12-26)31(25-13-15-30-16-14-25)20-21-7-6-8-22(17-21)23-18-27(32-2)29(34-4)28(19-23)33-3/h6-12,17-19,25,30H,5,13-16,20H2,1-4H3. The average Bonchev–Trinajstić information content (AvgIpc) is 2.92. The van der Waals surface area contributed by atoms with Gasteiger partial charge in [-0.15, -0.1) is 0 Å². The van der Waals surface area contributed by atoms with E-state index in [0.717, 1.165) is 49.4 Å². The number of nitrogens with one attached hydrogen (secondary N) is 1. The van der Waals surface area contributed by atoms with Crippen molar-refractivity contribution in [3.05, 3.63) is 66.2 Å². The van der Waals surface area contributed by atoms with E-state index < -0.39 is 0 Å². The van der Waals surface area contributed by atoms with Crippen LogP contribution in [0.15, 0.2) is 60.7 Å². The zero-order chi connectivity index (χ0) is 24.6. The number of methoxy groups -OCH3 is 3. The van der Waals surface area contributed by atoms with Crippen LogP contribution in [0.5, 0.6) is 23.0 Å². The number of anilines is 1. The second kappa shape index (κ2) is 11.8. The molecule has 0 bridgehead atoms. The molecule has 0 saturated carbocycles. The number of nitrogens with zero attached hydrogens (tertiary/aromatic N) is 1. The number of hydrogen-bond acceptors (Lipinski definition) is 6. The van der Waals surface area contributed by atoms with Crippen molar-refractivity contribution in [1.82, 2.24) is 5.32 Å². The maximum atomic E-state index is 5.67. The number of ether oxygens (including phenoxy) is 4. The smallest absolute Gasteiger partial charge is 0.203 e. The molecule has 0 aromatic heterocycles. The fraction of sp³-hybridized carbons (Fsp3) is 0.379.